The van der Waals surface area contributed by atoms with Crippen molar-refractivity contribution in [3.8, 4) is 5.75 Å². The number of halogens is 1. The van der Waals surface area contributed by atoms with E-state index >= 15 is 0 Å². The highest BCUT2D eigenvalue weighted by Gasteiger charge is 2.40. The lowest BCUT2D eigenvalue weighted by atomic mass is 9.83. The Kier molecular flexibility index (Phi) is 8.45. The molecule has 41 heavy (non-hydrogen) atoms. The van der Waals surface area contributed by atoms with Crippen LogP contribution in [-0.4, -0.2) is 42.6 Å². The number of amides is 2. The average molecular weight is 559 g/mol. The topological polar surface area (TPSA) is 67.9 Å². The number of nitrogens with zero attached hydrogens (tertiary/aromatic N) is 1. The summed E-state index contributed by atoms with van der Waals surface area (Å²) in [6.07, 6.45) is 2.10. The Morgan fingerprint density at radius 1 is 1.02 bits per heavy atom. The maximum Gasteiger partial charge on any atom is 0.257 e. The molecule has 0 spiro atoms. The fourth-order valence-electron chi connectivity index (χ4n) is 5.80. The van der Waals surface area contributed by atoms with Gasteiger partial charge in [0.15, 0.2) is 0 Å². The van der Waals surface area contributed by atoms with Crippen molar-refractivity contribution in [3.05, 3.63) is 94.8 Å². The quantitative estimate of drug-likeness (QED) is 0.360. The number of carbonyl (C=O) groups excluding carboxylic acids is 2. The summed E-state index contributed by atoms with van der Waals surface area (Å²) in [6, 6.07) is 19.5. The molecule has 0 aliphatic carbocycles. The number of ether oxygens (including phenoxy) is 2. The first-order chi connectivity index (χ1) is 19.6. The fourth-order valence-corrected chi connectivity index (χ4v) is 5.80. The molecule has 2 fully saturated rings. The molecular weight excluding hydrogens is 519 g/mol. The van der Waals surface area contributed by atoms with Crippen LogP contribution in [0.4, 0.5) is 10.1 Å². The van der Waals surface area contributed by atoms with E-state index < -0.39 is 23.7 Å². The molecule has 3 aromatic rings. The highest BCUT2D eigenvalue weighted by molar-refractivity contribution is 5.98. The highest BCUT2D eigenvalue weighted by atomic mass is 19.1. The zero-order valence-corrected chi connectivity index (χ0v) is 24.3. The number of hydrogen-bond acceptors (Lipinski definition) is 4. The molecule has 1 N–H and O–H groups in total. The molecule has 7 heteroatoms. The van der Waals surface area contributed by atoms with Crippen LogP contribution in [-0.2, 0) is 14.9 Å². The van der Waals surface area contributed by atoms with Crippen molar-refractivity contribution in [2.24, 2.45) is 5.92 Å². The molecule has 3 atom stereocenters. The van der Waals surface area contributed by atoms with E-state index in [1.165, 1.54) is 6.07 Å². The molecule has 0 bridgehead atoms. The van der Waals surface area contributed by atoms with Crippen LogP contribution in [0, 0.1) is 18.7 Å². The first kappa shape index (κ1) is 28.8. The number of rotatable bonds is 6. The molecule has 2 saturated heterocycles. The molecule has 6 nitrogen and oxygen atoms in total. The van der Waals surface area contributed by atoms with E-state index in [0.717, 1.165) is 23.2 Å². The monoisotopic (exact) mass is 558 g/mol. The van der Waals surface area contributed by atoms with Crippen LogP contribution in [0.15, 0.2) is 66.7 Å². The van der Waals surface area contributed by atoms with Crippen molar-refractivity contribution in [2.75, 3.05) is 25.1 Å². The predicted molar refractivity (Wildman–Crippen MR) is 158 cm³/mol. The normalized spacial score (nSPS) is 21.0. The summed E-state index contributed by atoms with van der Waals surface area (Å²) in [5.74, 6) is -0.925. The molecule has 2 heterocycles. The molecule has 1 unspecified atom stereocenters. The fraction of sp³-hybridized carbons (Fsp3) is 0.412. The van der Waals surface area contributed by atoms with Crippen molar-refractivity contribution < 1.29 is 23.5 Å². The van der Waals surface area contributed by atoms with Gasteiger partial charge in [-0.3, -0.25) is 9.59 Å². The summed E-state index contributed by atoms with van der Waals surface area (Å²) in [5, 5.41) is 3.12. The average Bonchev–Trinajstić information content (AvgIpc) is 3.46. The molecule has 0 saturated carbocycles. The van der Waals surface area contributed by atoms with Crippen LogP contribution in [0.1, 0.15) is 73.1 Å². The van der Waals surface area contributed by atoms with Crippen LogP contribution >= 0.6 is 0 Å². The van der Waals surface area contributed by atoms with E-state index in [0.29, 0.717) is 43.9 Å². The largest absolute Gasteiger partial charge is 0.488 e. The molecule has 216 valence electrons. The summed E-state index contributed by atoms with van der Waals surface area (Å²) in [5.41, 5.74) is 3.21. The first-order valence-electron chi connectivity index (χ1n) is 14.4. The Hall–Kier alpha value is -3.71. The standard InChI is InChI=1S/C34H39FN2O4/c1-22-8-5-12-29(35)30(22)33(39)37-18-7-11-28(32(38)36-25-10-6-9-24(20-25)34(2,3)4)31(37)23-13-15-26(16-14-23)41-27-17-19-40-21-27/h5-6,8-10,12-16,20,27-28,31H,7,11,17-19,21H2,1-4H3,(H,36,38)/t27?,28-,31-/m0/s1. The maximum absolute atomic E-state index is 15.0. The van der Waals surface area contributed by atoms with Crippen LogP contribution in [0.3, 0.4) is 0 Å². The van der Waals surface area contributed by atoms with E-state index in [1.807, 2.05) is 42.5 Å². The van der Waals surface area contributed by atoms with Crippen molar-refractivity contribution >= 4 is 17.5 Å². The van der Waals surface area contributed by atoms with Crippen molar-refractivity contribution in [1.29, 1.82) is 0 Å². The first-order valence-corrected chi connectivity index (χ1v) is 14.4. The number of aryl methyl sites for hydroxylation is 1. The molecule has 0 radical (unpaired) electrons. The van der Waals surface area contributed by atoms with Crippen LogP contribution in [0.2, 0.25) is 0 Å². The lowest BCUT2D eigenvalue weighted by Gasteiger charge is -2.41. The Morgan fingerprint density at radius 2 is 1.78 bits per heavy atom. The molecule has 2 aliphatic heterocycles. The number of likely N-dealkylation sites (tertiary alicyclic amines) is 1. The summed E-state index contributed by atoms with van der Waals surface area (Å²) in [7, 11) is 0. The van der Waals surface area contributed by atoms with Gasteiger partial charge < -0.3 is 19.7 Å². The smallest absolute Gasteiger partial charge is 0.257 e. The van der Waals surface area contributed by atoms with E-state index in [-0.39, 0.29) is 23.0 Å². The molecular formula is C34H39FN2O4. The van der Waals surface area contributed by atoms with E-state index in [4.69, 9.17) is 9.47 Å². The van der Waals surface area contributed by atoms with Crippen LogP contribution in [0.25, 0.3) is 0 Å². The zero-order valence-electron chi connectivity index (χ0n) is 24.3. The second-order valence-electron chi connectivity index (χ2n) is 12.1. The highest BCUT2D eigenvalue weighted by Crippen LogP contribution is 2.39. The molecule has 2 aliphatic rings. The van der Waals surface area contributed by atoms with Gasteiger partial charge in [0.05, 0.1) is 30.7 Å². The predicted octanol–water partition coefficient (Wildman–Crippen LogP) is 6.83. The van der Waals surface area contributed by atoms with Crippen molar-refractivity contribution in [3.63, 3.8) is 0 Å². The van der Waals surface area contributed by atoms with Gasteiger partial charge in [-0.05, 0) is 72.2 Å². The Morgan fingerprint density at radius 3 is 2.46 bits per heavy atom. The summed E-state index contributed by atoms with van der Waals surface area (Å²) in [6.45, 7) is 9.81. The lowest BCUT2D eigenvalue weighted by molar-refractivity contribution is -0.123. The van der Waals surface area contributed by atoms with Gasteiger partial charge in [-0.15, -0.1) is 0 Å². The van der Waals surface area contributed by atoms with E-state index in [2.05, 4.69) is 32.2 Å². The summed E-state index contributed by atoms with van der Waals surface area (Å²) in [4.78, 5) is 29.5. The second kappa shape index (κ2) is 12.0. The number of piperidine rings is 1. The molecule has 5 rings (SSSR count). The second-order valence-corrected chi connectivity index (χ2v) is 12.1. The number of anilines is 1. The SMILES string of the molecule is Cc1cccc(F)c1C(=O)N1CCC[C@H](C(=O)Nc2cccc(C(C)(C)C)c2)[C@@H]1c1ccc(OC2CCOC2)cc1. The Labute approximate surface area is 241 Å². The Balaban J connectivity index is 1.47. The van der Waals surface area contributed by atoms with Gasteiger partial charge in [0, 0.05) is 18.7 Å². The van der Waals surface area contributed by atoms with E-state index in [1.54, 1.807) is 24.0 Å². The van der Waals surface area contributed by atoms with E-state index in [9.17, 15) is 14.0 Å². The molecule has 0 aromatic heterocycles. The zero-order chi connectivity index (χ0) is 29.1. The maximum atomic E-state index is 15.0. The minimum Gasteiger partial charge on any atom is -0.488 e. The third kappa shape index (κ3) is 6.46. The summed E-state index contributed by atoms with van der Waals surface area (Å²) >= 11 is 0. The number of nitrogens with one attached hydrogen (secondary N) is 1. The van der Waals surface area contributed by atoms with Gasteiger partial charge >= 0.3 is 0 Å². The van der Waals surface area contributed by atoms with Crippen molar-refractivity contribution in [1.82, 2.24) is 4.90 Å². The van der Waals surface area contributed by atoms with Crippen molar-refractivity contribution in [2.45, 2.75) is 64.5 Å². The van der Waals surface area contributed by atoms with Gasteiger partial charge in [-0.1, -0.05) is 57.2 Å². The summed E-state index contributed by atoms with van der Waals surface area (Å²) < 4.78 is 26.4. The van der Waals surface area contributed by atoms with Gasteiger partial charge in [-0.2, -0.15) is 0 Å². The molecule has 3 aromatic carbocycles. The number of hydrogen-bond donors (Lipinski definition) is 1. The number of carbonyl (C=O) groups is 2. The lowest BCUT2D eigenvalue weighted by Crippen LogP contribution is -2.46. The minimum absolute atomic E-state index is 0.0139. The van der Waals surface area contributed by atoms with Gasteiger partial charge in [0.1, 0.15) is 17.7 Å². The van der Waals surface area contributed by atoms with Gasteiger partial charge in [-0.25, -0.2) is 4.39 Å². The minimum atomic E-state index is -0.565. The third-order valence-electron chi connectivity index (χ3n) is 8.07. The van der Waals surface area contributed by atoms with Crippen LogP contribution in [0.5, 0.6) is 5.75 Å². The third-order valence-corrected chi connectivity index (χ3v) is 8.07. The molecule has 2 amide bonds. The van der Waals surface area contributed by atoms with Gasteiger partial charge in [0.2, 0.25) is 5.91 Å². The van der Waals surface area contributed by atoms with Crippen LogP contribution < -0.4 is 10.1 Å². The van der Waals surface area contributed by atoms with Gasteiger partial charge in [0.25, 0.3) is 5.91 Å². The number of benzene rings is 3. The Bertz CT molecular complexity index is 1370.